The van der Waals surface area contributed by atoms with Crippen molar-refractivity contribution < 1.29 is 4.79 Å². The van der Waals surface area contributed by atoms with Crippen LogP contribution in [0.1, 0.15) is 58.6 Å². The van der Waals surface area contributed by atoms with E-state index in [-0.39, 0.29) is 17.9 Å². The molecule has 0 aliphatic rings. The van der Waals surface area contributed by atoms with Crippen LogP contribution >= 0.6 is 0 Å². The number of benzene rings is 1. The van der Waals surface area contributed by atoms with Crippen molar-refractivity contribution in [3.63, 3.8) is 0 Å². The van der Waals surface area contributed by atoms with E-state index >= 15 is 0 Å². The highest BCUT2D eigenvalue weighted by Crippen LogP contribution is 2.23. The fourth-order valence-corrected chi connectivity index (χ4v) is 2.28. The van der Waals surface area contributed by atoms with Gasteiger partial charge in [0, 0.05) is 17.6 Å². The first-order valence-electron chi connectivity index (χ1n) is 7.73. The molecule has 0 radical (unpaired) electrons. The maximum atomic E-state index is 12.2. The minimum absolute atomic E-state index is 0.0620. The van der Waals surface area contributed by atoms with Gasteiger partial charge in [0.2, 0.25) is 5.91 Å². The van der Waals surface area contributed by atoms with Crippen molar-refractivity contribution in [3.8, 4) is 0 Å². The smallest absolute Gasteiger partial charge is 0.227 e. The Morgan fingerprint density at radius 2 is 1.85 bits per heavy atom. The lowest BCUT2D eigenvalue weighted by Gasteiger charge is -2.19. The molecule has 0 heterocycles. The number of anilines is 1. The normalized spacial score (nSPS) is 13.8. The molecule has 1 amide bonds. The first-order chi connectivity index (χ1) is 9.60. The van der Waals surface area contributed by atoms with Gasteiger partial charge in [0.25, 0.3) is 0 Å². The summed E-state index contributed by atoms with van der Waals surface area (Å²) in [6.07, 6.45) is 3.06. The van der Waals surface area contributed by atoms with Gasteiger partial charge < -0.3 is 10.6 Å². The van der Waals surface area contributed by atoms with Gasteiger partial charge in [-0.1, -0.05) is 45.4 Å². The Hall–Kier alpha value is -1.35. The predicted octanol–water partition coefficient (Wildman–Crippen LogP) is 4.12. The zero-order valence-corrected chi connectivity index (χ0v) is 13.2. The van der Waals surface area contributed by atoms with E-state index in [1.807, 2.05) is 25.1 Å². The predicted molar refractivity (Wildman–Crippen MR) is 85.9 cm³/mol. The van der Waals surface area contributed by atoms with Gasteiger partial charge in [-0.2, -0.15) is 0 Å². The highest BCUT2D eigenvalue weighted by Gasteiger charge is 2.15. The van der Waals surface area contributed by atoms with Crippen LogP contribution in [0.25, 0.3) is 0 Å². The molecule has 20 heavy (non-hydrogen) atoms. The molecule has 1 aromatic rings. The molecule has 0 aliphatic carbocycles. The Balaban J connectivity index is 2.77. The van der Waals surface area contributed by atoms with Crippen LogP contribution in [0.15, 0.2) is 24.3 Å². The number of nitrogens with one attached hydrogen (secondary N) is 2. The molecule has 1 rings (SSSR count). The average Bonchev–Trinajstić information content (AvgIpc) is 2.45. The maximum Gasteiger partial charge on any atom is 0.227 e. The SMILES string of the molecule is CCCNC(C)c1ccccc1NC(=O)C(C)CCC. The third kappa shape index (κ3) is 4.97. The quantitative estimate of drug-likeness (QED) is 0.750. The standard InChI is InChI=1S/C17H28N2O/c1-5-9-13(3)17(20)19-16-11-8-7-10-15(16)14(4)18-12-6-2/h7-8,10-11,13-14,18H,5-6,9,12H2,1-4H3,(H,19,20). The van der Waals surface area contributed by atoms with E-state index in [2.05, 4.69) is 37.5 Å². The van der Waals surface area contributed by atoms with E-state index in [1.165, 1.54) is 0 Å². The Labute approximate surface area is 123 Å². The molecule has 112 valence electrons. The van der Waals surface area contributed by atoms with E-state index in [1.54, 1.807) is 0 Å². The fraction of sp³-hybridized carbons (Fsp3) is 0.588. The van der Waals surface area contributed by atoms with E-state index < -0.39 is 0 Å². The summed E-state index contributed by atoms with van der Waals surface area (Å²) < 4.78 is 0. The summed E-state index contributed by atoms with van der Waals surface area (Å²) >= 11 is 0. The highest BCUT2D eigenvalue weighted by atomic mass is 16.1. The van der Waals surface area contributed by atoms with Crippen molar-refractivity contribution in [2.24, 2.45) is 5.92 Å². The lowest BCUT2D eigenvalue weighted by molar-refractivity contribution is -0.119. The molecular weight excluding hydrogens is 248 g/mol. The van der Waals surface area contributed by atoms with E-state index in [9.17, 15) is 4.79 Å². The van der Waals surface area contributed by atoms with Crippen LogP contribution in [0.5, 0.6) is 0 Å². The Morgan fingerprint density at radius 1 is 1.15 bits per heavy atom. The molecular formula is C17H28N2O. The lowest BCUT2D eigenvalue weighted by Crippen LogP contribution is -2.24. The van der Waals surface area contributed by atoms with E-state index in [0.717, 1.165) is 37.1 Å². The van der Waals surface area contributed by atoms with Crippen LogP contribution in [0.2, 0.25) is 0 Å². The van der Waals surface area contributed by atoms with Crippen LogP contribution in [-0.4, -0.2) is 12.5 Å². The van der Waals surface area contributed by atoms with Crippen LogP contribution in [0.3, 0.4) is 0 Å². The van der Waals surface area contributed by atoms with E-state index in [0.29, 0.717) is 0 Å². The average molecular weight is 276 g/mol. The molecule has 0 saturated heterocycles. The Morgan fingerprint density at radius 3 is 2.50 bits per heavy atom. The molecule has 2 atom stereocenters. The molecule has 0 saturated carbocycles. The Bertz CT molecular complexity index is 417. The van der Waals surface area contributed by atoms with Gasteiger partial charge >= 0.3 is 0 Å². The number of rotatable bonds is 8. The van der Waals surface area contributed by atoms with Crippen LogP contribution < -0.4 is 10.6 Å². The second kappa shape index (κ2) is 8.75. The zero-order chi connectivity index (χ0) is 15.0. The molecule has 3 heteroatoms. The van der Waals surface area contributed by atoms with Gasteiger partial charge in [0.1, 0.15) is 0 Å². The molecule has 2 unspecified atom stereocenters. The van der Waals surface area contributed by atoms with Crippen molar-refractivity contribution in [1.29, 1.82) is 0 Å². The molecule has 3 nitrogen and oxygen atoms in total. The Kier molecular flexibility index (Phi) is 7.31. The monoisotopic (exact) mass is 276 g/mol. The number of para-hydroxylation sites is 1. The zero-order valence-electron chi connectivity index (χ0n) is 13.2. The third-order valence-electron chi connectivity index (χ3n) is 3.55. The molecule has 2 N–H and O–H groups in total. The number of carbonyl (C=O) groups is 1. The minimum atomic E-state index is 0.0620. The molecule has 0 aromatic heterocycles. The van der Waals surface area contributed by atoms with Crippen LogP contribution in [0, 0.1) is 5.92 Å². The minimum Gasteiger partial charge on any atom is -0.326 e. The third-order valence-corrected chi connectivity index (χ3v) is 3.55. The van der Waals surface area contributed by atoms with Gasteiger partial charge in [0.15, 0.2) is 0 Å². The summed E-state index contributed by atoms with van der Waals surface area (Å²) in [5.74, 6) is 0.175. The number of hydrogen-bond donors (Lipinski definition) is 2. The lowest BCUT2D eigenvalue weighted by atomic mass is 10.0. The molecule has 0 aliphatic heterocycles. The van der Waals surface area contributed by atoms with Gasteiger partial charge in [-0.25, -0.2) is 0 Å². The molecule has 0 bridgehead atoms. The highest BCUT2D eigenvalue weighted by molar-refractivity contribution is 5.93. The maximum absolute atomic E-state index is 12.2. The van der Waals surface area contributed by atoms with Crippen LogP contribution in [-0.2, 0) is 4.79 Å². The van der Waals surface area contributed by atoms with Crippen molar-refractivity contribution in [2.45, 2.75) is 53.0 Å². The number of amides is 1. The summed E-state index contributed by atoms with van der Waals surface area (Å²) in [6, 6.07) is 8.29. The first kappa shape index (κ1) is 16.7. The van der Waals surface area contributed by atoms with Crippen molar-refractivity contribution >= 4 is 11.6 Å². The second-order valence-electron chi connectivity index (χ2n) is 5.44. The van der Waals surface area contributed by atoms with Crippen molar-refractivity contribution in [3.05, 3.63) is 29.8 Å². The largest absolute Gasteiger partial charge is 0.326 e. The number of carbonyl (C=O) groups excluding carboxylic acids is 1. The van der Waals surface area contributed by atoms with Gasteiger partial charge in [-0.05, 0) is 37.9 Å². The molecule has 0 fully saturated rings. The summed E-state index contributed by atoms with van der Waals surface area (Å²) in [7, 11) is 0. The topological polar surface area (TPSA) is 41.1 Å². The van der Waals surface area contributed by atoms with Gasteiger partial charge in [0.05, 0.1) is 0 Å². The summed E-state index contributed by atoms with van der Waals surface area (Å²) in [6.45, 7) is 9.36. The molecule has 1 aromatic carbocycles. The fourth-order valence-electron chi connectivity index (χ4n) is 2.28. The second-order valence-corrected chi connectivity index (χ2v) is 5.44. The summed E-state index contributed by atoms with van der Waals surface area (Å²) in [5.41, 5.74) is 2.08. The van der Waals surface area contributed by atoms with Crippen molar-refractivity contribution in [1.82, 2.24) is 5.32 Å². The van der Waals surface area contributed by atoms with Crippen LogP contribution in [0.4, 0.5) is 5.69 Å². The van der Waals surface area contributed by atoms with Gasteiger partial charge in [-0.15, -0.1) is 0 Å². The first-order valence-corrected chi connectivity index (χ1v) is 7.73. The van der Waals surface area contributed by atoms with E-state index in [4.69, 9.17) is 0 Å². The number of hydrogen-bond acceptors (Lipinski definition) is 2. The molecule has 0 spiro atoms. The van der Waals surface area contributed by atoms with Gasteiger partial charge in [-0.3, -0.25) is 4.79 Å². The summed E-state index contributed by atoms with van der Waals surface area (Å²) in [4.78, 5) is 12.2. The summed E-state index contributed by atoms with van der Waals surface area (Å²) in [5, 5.41) is 6.54. The van der Waals surface area contributed by atoms with Crippen molar-refractivity contribution in [2.75, 3.05) is 11.9 Å².